The van der Waals surface area contributed by atoms with Crippen LogP contribution in [0.5, 0.6) is 5.88 Å². The van der Waals surface area contributed by atoms with Crippen molar-refractivity contribution in [3.8, 4) is 5.88 Å². The first-order valence-electron chi connectivity index (χ1n) is 5.37. The number of methoxy groups -OCH3 is 1. The van der Waals surface area contributed by atoms with Crippen LogP contribution in [0.4, 0.5) is 0 Å². The van der Waals surface area contributed by atoms with Crippen LogP contribution in [0.2, 0.25) is 0 Å². The van der Waals surface area contributed by atoms with Crippen molar-refractivity contribution in [1.29, 1.82) is 0 Å². The van der Waals surface area contributed by atoms with Crippen molar-refractivity contribution in [2.24, 2.45) is 0 Å². The van der Waals surface area contributed by atoms with E-state index in [0.717, 1.165) is 17.4 Å². The average Bonchev–Trinajstić information content (AvgIpc) is 2.36. The van der Waals surface area contributed by atoms with Gasteiger partial charge in [-0.3, -0.25) is 0 Å². The van der Waals surface area contributed by atoms with E-state index in [0.29, 0.717) is 11.3 Å². The molecule has 0 atom stereocenters. The Morgan fingerprint density at radius 1 is 1.47 bits per heavy atom. The number of pyridine rings is 1. The lowest BCUT2D eigenvalue weighted by atomic mass is 10.00. The maximum Gasteiger partial charge on any atom is 0.337 e. The molecule has 2 rings (SSSR count). The molecule has 0 unspecified atom stereocenters. The zero-order valence-corrected chi connectivity index (χ0v) is 9.73. The highest BCUT2D eigenvalue weighted by Crippen LogP contribution is 2.29. The topological polar surface area (TPSA) is 59.4 Å². The van der Waals surface area contributed by atoms with Crippen molar-refractivity contribution >= 4 is 16.7 Å². The SMILES string of the molecule is CCc1cccc2c(OC)ncc(C(=O)O)c12. The summed E-state index contributed by atoms with van der Waals surface area (Å²) in [6.45, 7) is 1.99. The number of nitrogens with zero attached hydrogens (tertiary/aromatic N) is 1. The van der Waals surface area contributed by atoms with Gasteiger partial charge >= 0.3 is 5.97 Å². The number of aromatic nitrogens is 1. The lowest BCUT2D eigenvalue weighted by Crippen LogP contribution is -2.02. The number of aryl methyl sites for hydroxylation is 1. The first kappa shape index (κ1) is 11.4. The fraction of sp³-hybridized carbons (Fsp3) is 0.231. The Morgan fingerprint density at radius 3 is 2.82 bits per heavy atom. The molecule has 0 aliphatic carbocycles. The second kappa shape index (κ2) is 4.41. The molecule has 1 aromatic heterocycles. The summed E-state index contributed by atoms with van der Waals surface area (Å²) in [4.78, 5) is 15.2. The molecule has 0 radical (unpaired) electrons. The van der Waals surface area contributed by atoms with Crippen molar-refractivity contribution in [2.45, 2.75) is 13.3 Å². The maximum atomic E-state index is 11.2. The molecule has 0 aliphatic rings. The molecule has 0 spiro atoms. The van der Waals surface area contributed by atoms with Gasteiger partial charge in [-0.15, -0.1) is 0 Å². The van der Waals surface area contributed by atoms with Crippen LogP contribution in [-0.2, 0) is 6.42 Å². The van der Waals surface area contributed by atoms with Crippen LogP contribution >= 0.6 is 0 Å². The summed E-state index contributed by atoms with van der Waals surface area (Å²) in [6.07, 6.45) is 2.12. The predicted octanol–water partition coefficient (Wildman–Crippen LogP) is 2.50. The summed E-state index contributed by atoms with van der Waals surface area (Å²) in [5.41, 5.74) is 1.21. The number of carbonyl (C=O) groups is 1. The minimum atomic E-state index is -0.967. The lowest BCUT2D eigenvalue weighted by Gasteiger charge is -2.10. The minimum Gasteiger partial charge on any atom is -0.481 e. The maximum absolute atomic E-state index is 11.2. The molecule has 2 aromatic rings. The molecule has 1 aromatic carbocycles. The zero-order valence-electron chi connectivity index (χ0n) is 9.73. The Morgan fingerprint density at radius 2 is 2.24 bits per heavy atom. The van der Waals surface area contributed by atoms with E-state index < -0.39 is 5.97 Å². The molecule has 1 heterocycles. The molecule has 88 valence electrons. The summed E-state index contributed by atoms with van der Waals surface area (Å²) < 4.78 is 5.16. The molecule has 0 aliphatic heterocycles. The van der Waals surface area contributed by atoms with Crippen molar-refractivity contribution in [3.05, 3.63) is 35.5 Å². The molecule has 0 saturated carbocycles. The molecule has 4 heteroatoms. The standard InChI is InChI=1S/C13H13NO3/c1-3-8-5-4-6-9-11(8)10(13(15)16)7-14-12(9)17-2/h4-7H,3H2,1-2H3,(H,15,16). The molecule has 4 nitrogen and oxygen atoms in total. The van der Waals surface area contributed by atoms with Crippen LogP contribution in [0.1, 0.15) is 22.8 Å². The molecule has 0 saturated heterocycles. The zero-order chi connectivity index (χ0) is 12.4. The number of fused-ring (bicyclic) bond motifs is 1. The van der Waals surface area contributed by atoms with E-state index >= 15 is 0 Å². The van der Waals surface area contributed by atoms with Crippen molar-refractivity contribution in [3.63, 3.8) is 0 Å². The first-order valence-corrected chi connectivity index (χ1v) is 5.37. The number of rotatable bonds is 3. The number of carboxylic acid groups (broad SMARTS) is 1. The Kier molecular flexibility index (Phi) is 2.95. The highest BCUT2D eigenvalue weighted by Gasteiger charge is 2.15. The first-order chi connectivity index (χ1) is 8.19. The number of ether oxygens (including phenoxy) is 1. The Hall–Kier alpha value is -2.10. The van der Waals surface area contributed by atoms with Gasteiger partial charge in [0, 0.05) is 17.0 Å². The monoisotopic (exact) mass is 231 g/mol. The average molecular weight is 231 g/mol. The predicted molar refractivity (Wildman–Crippen MR) is 64.6 cm³/mol. The van der Waals surface area contributed by atoms with Crippen LogP contribution in [0.15, 0.2) is 24.4 Å². The van der Waals surface area contributed by atoms with Crippen LogP contribution in [-0.4, -0.2) is 23.2 Å². The van der Waals surface area contributed by atoms with Gasteiger partial charge in [0.1, 0.15) is 0 Å². The molecule has 0 amide bonds. The summed E-state index contributed by atoms with van der Waals surface area (Å²) in [5, 5.41) is 10.6. The Labute approximate surface area is 98.9 Å². The molecule has 1 N–H and O–H groups in total. The van der Waals surface area contributed by atoms with E-state index in [9.17, 15) is 9.90 Å². The fourth-order valence-corrected chi connectivity index (χ4v) is 1.97. The molecular formula is C13H13NO3. The van der Waals surface area contributed by atoms with Gasteiger partial charge in [-0.2, -0.15) is 0 Å². The highest BCUT2D eigenvalue weighted by atomic mass is 16.5. The van der Waals surface area contributed by atoms with E-state index in [4.69, 9.17) is 4.74 Å². The lowest BCUT2D eigenvalue weighted by molar-refractivity contribution is 0.0698. The summed E-state index contributed by atoms with van der Waals surface area (Å²) >= 11 is 0. The second-order valence-corrected chi connectivity index (χ2v) is 3.68. The van der Waals surface area contributed by atoms with Crippen LogP contribution in [0, 0.1) is 0 Å². The molecule has 17 heavy (non-hydrogen) atoms. The van der Waals surface area contributed by atoms with E-state index in [1.165, 1.54) is 13.3 Å². The number of hydrogen-bond donors (Lipinski definition) is 1. The Balaban J connectivity index is 2.90. The van der Waals surface area contributed by atoms with Crippen molar-refractivity contribution < 1.29 is 14.6 Å². The number of benzene rings is 1. The van der Waals surface area contributed by atoms with Gasteiger partial charge in [-0.1, -0.05) is 19.1 Å². The van der Waals surface area contributed by atoms with Gasteiger partial charge in [0.25, 0.3) is 0 Å². The van der Waals surface area contributed by atoms with Gasteiger partial charge in [0.2, 0.25) is 5.88 Å². The van der Waals surface area contributed by atoms with Gasteiger partial charge in [0.15, 0.2) is 0 Å². The second-order valence-electron chi connectivity index (χ2n) is 3.68. The van der Waals surface area contributed by atoms with Crippen molar-refractivity contribution in [2.75, 3.05) is 7.11 Å². The van der Waals surface area contributed by atoms with Gasteiger partial charge in [-0.25, -0.2) is 9.78 Å². The van der Waals surface area contributed by atoms with Crippen LogP contribution in [0.3, 0.4) is 0 Å². The normalized spacial score (nSPS) is 10.5. The third-order valence-corrected chi connectivity index (χ3v) is 2.77. The highest BCUT2D eigenvalue weighted by molar-refractivity contribution is 6.06. The smallest absolute Gasteiger partial charge is 0.337 e. The number of carboxylic acids is 1. The van der Waals surface area contributed by atoms with E-state index in [1.54, 1.807) is 0 Å². The fourth-order valence-electron chi connectivity index (χ4n) is 1.97. The largest absolute Gasteiger partial charge is 0.481 e. The molecular weight excluding hydrogens is 218 g/mol. The molecule has 0 fully saturated rings. The quantitative estimate of drug-likeness (QED) is 0.881. The summed E-state index contributed by atoms with van der Waals surface area (Å²) in [6, 6.07) is 5.64. The van der Waals surface area contributed by atoms with E-state index in [2.05, 4.69) is 4.98 Å². The van der Waals surface area contributed by atoms with Gasteiger partial charge < -0.3 is 9.84 Å². The van der Waals surface area contributed by atoms with Crippen LogP contribution < -0.4 is 4.74 Å². The van der Waals surface area contributed by atoms with E-state index in [-0.39, 0.29) is 5.56 Å². The Bertz CT molecular complexity index is 578. The third kappa shape index (κ3) is 1.82. The summed E-state index contributed by atoms with van der Waals surface area (Å²) in [7, 11) is 1.53. The van der Waals surface area contributed by atoms with Crippen LogP contribution in [0.25, 0.3) is 10.8 Å². The van der Waals surface area contributed by atoms with E-state index in [1.807, 2.05) is 25.1 Å². The van der Waals surface area contributed by atoms with Gasteiger partial charge in [0.05, 0.1) is 12.7 Å². The molecule has 0 bridgehead atoms. The number of aromatic carboxylic acids is 1. The van der Waals surface area contributed by atoms with Crippen molar-refractivity contribution in [1.82, 2.24) is 4.98 Å². The minimum absolute atomic E-state index is 0.221. The van der Waals surface area contributed by atoms with Gasteiger partial charge in [-0.05, 0) is 18.1 Å². The third-order valence-electron chi connectivity index (χ3n) is 2.77. The number of hydrogen-bond acceptors (Lipinski definition) is 3. The summed E-state index contributed by atoms with van der Waals surface area (Å²) in [5.74, 6) is -0.508.